The van der Waals surface area contributed by atoms with Gasteiger partial charge < -0.3 is 10.2 Å². The topological polar surface area (TPSA) is 87.9 Å². The molecule has 3 aromatic carbocycles. The maximum atomic E-state index is 12.4. The molecule has 0 spiro atoms. The number of aliphatic imine (C=N–C) groups is 2. The van der Waals surface area contributed by atoms with Crippen molar-refractivity contribution in [2.45, 2.75) is 178 Å². The first-order chi connectivity index (χ1) is 25.4. The Morgan fingerprint density at radius 3 is 1.50 bits per heavy atom. The fourth-order valence-electron chi connectivity index (χ4n) is 6.90. The van der Waals surface area contributed by atoms with Crippen LogP contribution in [-0.4, -0.2) is 17.2 Å². The van der Waals surface area contributed by atoms with Crippen molar-refractivity contribution in [1.82, 2.24) is 0 Å². The summed E-state index contributed by atoms with van der Waals surface area (Å²) < 4.78 is 0. The van der Waals surface area contributed by atoms with E-state index in [1.54, 1.807) is 0 Å². The standard InChI is InChI=1S/C24H32N2.C24H40O3.Ni/c1-7-9-10-24(26-22-15-19(5)12-20(6)16-22)23(8-2)25-21-13-17(3)11-18(4)14-21;1-4-7-9-10-11-12-13-14-15-21(25)18-20-17-19(6-3)23(26)24(27)22(20)16-8-5-2;/h11-16H,7-10H2,1-6H3;17,26-27H,4-16,18H2,1-3H3;/q;;+2/p-2. The van der Waals surface area contributed by atoms with Gasteiger partial charge in [-0.3, -0.25) is 14.8 Å². The summed E-state index contributed by atoms with van der Waals surface area (Å²) in [4.78, 5) is 22.4. The van der Waals surface area contributed by atoms with Gasteiger partial charge >= 0.3 is 16.5 Å². The Labute approximate surface area is 339 Å². The largest absolute Gasteiger partial charge is 2.00 e. The van der Waals surface area contributed by atoms with Crippen LogP contribution in [0.4, 0.5) is 11.4 Å². The summed E-state index contributed by atoms with van der Waals surface area (Å²) in [5.41, 5.74) is 11.2. The van der Waals surface area contributed by atoms with E-state index in [2.05, 4.69) is 91.8 Å². The van der Waals surface area contributed by atoms with E-state index in [1.807, 2.05) is 13.0 Å². The Morgan fingerprint density at radius 1 is 0.537 bits per heavy atom. The van der Waals surface area contributed by atoms with E-state index in [9.17, 15) is 15.0 Å². The van der Waals surface area contributed by atoms with Gasteiger partial charge in [0.1, 0.15) is 5.78 Å². The zero-order valence-corrected chi connectivity index (χ0v) is 36.2. The number of benzene rings is 3. The van der Waals surface area contributed by atoms with E-state index < -0.39 is 0 Å². The summed E-state index contributed by atoms with van der Waals surface area (Å²) in [5, 5.41) is 24.6. The van der Waals surface area contributed by atoms with Crippen LogP contribution in [0.3, 0.4) is 0 Å². The van der Waals surface area contributed by atoms with Crippen molar-refractivity contribution in [3.05, 3.63) is 81.4 Å². The van der Waals surface area contributed by atoms with E-state index in [0.29, 0.717) is 36.8 Å². The summed E-state index contributed by atoms with van der Waals surface area (Å²) in [7, 11) is 0. The number of unbranched alkanes of at least 4 members (excludes halogenated alkanes) is 9. The third-order valence-corrected chi connectivity index (χ3v) is 9.74. The van der Waals surface area contributed by atoms with E-state index in [1.165, 1.54) is 60.8 Å². The van der Waals surface area contributed by atoms with Gasteiger partial charge in [-0.1, -0.05) is 122 Å². The molecule has 3 aromatic rings. The number of rotatable bonds is 22. The van der Waals surface area contributed by atoms with Crippen molar-refractivity contribution in [1.29, 1.82) is 0 Å². The van der Waals surface area contributed by atoms with Gasteiger partial charge in [-0.15, -0.1) is 11.5 Å². The van der Waals surface area contributed by atoms with Gasteiger partial charge in [-0.05, 0) is 125 Å². The molecule has 0 amide bonds. The maximum absolute atomic E-state index is 12.4. The van der Waals surface area contributed by atoms with Crippen LogP contribution in [0, 0.1) is 27.7 Å². The van der Waals surface area contributed by atoms with Crippen molar-refractivity contribution < 1.29 is 31.5 Å². The Balaban J connectivity index is 0.000000530. The molecule has 0 aliphatic heterocycles. The van der Waals surface area contributed by atoms with E-state index in [0.717, 1.165) is 79.7 Å². The molecule has 0 bridgehead atoms. The third kappa shape index (κ3) is 17.9. The van der Waals surface area contributed by atoms with Crippen molar-refractivity contribution in [3.63, 3.8) is 0 Å². The summed E-state index contributed by atoms with van der Waals surface area (Å²) in [6, 6.07) is 14.8. The first-order valence-electron chi connectivity index (χ1n) is 20.8. The van der Waals surface area contributed by atoms with Gasteiger partial charge in [0.25, 0.3) is 0 Å². The predicted molar refractivity (Wildman–Crippen MR) is 225 cm³/mol. The molecule has 0 radical (unpaired) electrons. The molecule has 6 heteroatoms. The first-order valence-corrected chi connectivity index (χ1v) is 20.8. The molecule has 0 saturated heterocycles. The average Bonchev–Trinajstić information content (AvgIpc) is 3.11. The summed E-state index contributed by atoms with van der Waals surface area (Å²) in [6.07, 6.45) is 17.7. The molecule has 0 heterocycles. The van der Waals surface area contributed by atoms with Crippen LogP contribution >= 0.6 is 0 Å². The second-order valence-corrected chi connectivity index (χ2v) is 15.0. The average molecular weight is 782 g/mol. The molecule has 0 aliphatic carbocycles. The zero-order chi connectivity index (χ0) is 39.2. The summed E-state index contributed by atoms with van der Waals surface area (Å²) in [5.74, 6) is -0.556. The second-order valence-electron chi connectivity index (χ2n) is 15.0. The summed E-state index contributed by atoms with van der Waals surface area (Å²) >= 11 is 0. The molecule has 3 rings (SSSR count). The minimum Gasteiger partial charge on any atom is -0.873 e. The van der Waals surface area contributed by atoms with Crippen LogP contribution < -0.4 is 10.2 Å². The minimum atomic E-state index is -0.377. The Kier molecular flexibility index (Phi) is 24.7. The SMILES string of the molecule is CCCCC(=Nc1cc(C)cc(C)c1)C(CC)=Nc1cc(C)cc(C)c1.CCCCCCCCCCC(=O)Cc1cc(CC)c([O-])c([O-])c1CCCC.[Ni+2]. The van der Waals surface area contributed by atoms with Crippen LogP contribution in [0.5, 0.6) is 11.5 Å². The molecule has 0 saturated carbocycles. The monoisotopic (exact) mass is 780 g/mol. The van der Waals surface area contributed by atoms with Gasteiger partial charge in [0, 0.05) is 12.8 Å². The predicted octanol–water partition coefficient (Wildman–Crippen LogP) is 12.7. The number of carbonyl (C=O) groups excluding carboxylic acids is 1. The van der Waals surface area contributed by atoms with Crippen molar-refractivity contribution in [2.75, 3.05) is 0 Å². The number of carbonyl (C=O) groups is 1. The maximum Gasteiger partial charge on any atom is 2.00 e. The molecule has 0 aliphatic rings. The zero-order valence-electron chi connectivity index (χ0n) is 35.2. The molecule has 5 nitrogen and oxygen atoms in total. The Bertz CT molecular complexity index is 1580. The van der Waals surface area contributed by atoms with Crippen LogP contribution in [0.15, 0.2) is 52.4 Å². The second kappa shape index (κ2) is 27.4. The number of hydrogen-bond donors (Lipinski definition) is 0. The first kappa shape index (κ1) is 48.8. The molecule has 0 unspecified atom stereocenters. The summed E-state index contributed by atoms with van der Waals surface area (Å²) in [6.45, 7) is 19.1. The quantitative estimate of drug-likeness (QED) is 0.0578. The van der Waals surface area contributed by atoms with Gasteiger partial charge in [0.05, 0.1) is 22.8 Å². The Morgan fingerprint density at radius 2 is 1.02 bits per heavy atom. The molecule has 0 atom stereocenters. The van der Waals surface area contributed by atoms with Crippen LogP contribution in [0.25, 0.3) is 0 Å². The van der Waals surface area contributed by atoms with Crippen LogP contribution in [0.2, 0.25) is 0 Å². The van der Waals surface area contributed by atoms with E-state index >= 15 is 0 Å². The van der Waals surface area contributed by atoms with E-state index in [-0.39, 0.29) is 33.8 Å². The number of hydrogen-bond acceptors (Lipinski definition) is 5. The molecule has 0 N–H and O–H groups in total. The number of aryl methyl sites for hydroxylation is 5. The van der Waals surface area contributed by atoms with Gasteiger partial charge in [0.2, 0.25) is 0 Å². The number of Topliss-reactive ketones (excluding diaryl/α,β-unsaturated/α-hetero) is 1. The van der Waals surface area contributed by atoms with Gasteiger partial charge in [-0.25, -0.2) is 0 Å². The van der Waals surface area contributed by atoms with Gasteiger partial charge in [0.15, 0.2) is 0 Å². The third-order valence-electron chi connectivity index (χ3n) is 9.74. The molecular weight excluding hydrogens is 711 g/mol. The smallest absolute Gasteiger partial charge is 0.873 e. The molecule has 0 aromatic heterocycles. The number of nitrogens with zero attached hydrogens (tertiary/aromatic N) is 2. The Hall–Kier alpha value is -3.24. The van der Waals surface area contributed by atoms with Crippen molar-refractivity contribution in [2.24, 2.45) is 9.98 Å². The fourth-order valence-corrected chi connectivity index (χ4v) is 6.90. The van der Waals surface area contributed by atoms with E-state index in [4.69, 9.17) is 9.98 Å². The van der Waals surface area contributed by atoms with Gasteiger partial charge in [-0.2, -0.15) is 0 Å². The van der Waals surface area contributed by atoms with Crippen LogP contribution in [0.1, 0.15) is 170 Å². The molecule has 54 heavy (non-hydrogen) atoms. The number of ketones is 1. The molecule has 300 valence electrons. The molecule has 0 fully saturated rings. The fraction of sp³-hybridized carbons (Fsp3) is 0.562. The normalized spacial score (nSPS) is 11.6. The van der Waals surface area contributed by atoms with Crippen molar-refractivity contribution >= 4 is 28.6 Å². The van der Waals surface area contributed by atoms with Crippen molar-refractivity contribution in [3.8, 4) is 11.5 Å². The minimum absolute atomic E-state index is 0. The molecular formula is C48H70N2NiO3. The van der Waals surface area contributed by atoms with Crippen LogP contribution in [-0.2, 0) is 40.5 Å².